The summed E-state index contributed by atoms with van der Waals surface area (Å²) in [5, 5.41) is 5.54. The summed E-state index contributed by atoms with van der Waals surface area (Å²) < 4.78 is 0. The summed E-state index contributed by atoms with van der Waals surface area (Å²) in [6, 6.07) is 30.8. The van der Waals surface area contributed by atoms with Crippen LogP contribution in [0.15, 0.2) is 84.9 Å². The van der Waals surface area contributed by atoms with E-state index < -0.39 is 0 Å². The van der Waals surface area contributed by atoms with Crippen LogP contribution in [0.5, 0.6) is 0 Å². The molecule has 0 saturated carbocycles. The third-order valence-electron chi connectivity index (χ3n) is 6.05. The van der Waals surface area contributed by atoms with E-state index in [2.05, 4.69) is 98.8 Å². The maximum absolute atomic E-state index is 2.41. The number of benzene rings is 3. The van der Waals surface area contributed by atoms with Gasteiger partial charge in [0, 0.05) is 0 Å². The van der Waals surface area contributed by atoms with E-state index in [0.29, 0.717) is 0 Å². The zero-order valence-corrected chi connectivity index (χ0v) is 21.4. The first-order valence-corrected chi connectivity index (χ1v) is 10.6. The van der Waals surface area contributed by atoms with Gasteiger partial charge in [-0.15, -0.1) is 81.5 Å². The fourth-order valence-corrected chi connectivity index (χ4v) is 4.81. The number of halogens is 1. The molecule has 1 aliphatic rings. The molecule has 0 heterocycles. The first kappa shape index (κ1) is 23.7. The molecule has 0 atom stereocenters. The second-order valence-electron chi connectivity index (χ2n) is 8.31. The molecule has 5 aromatic rings. The summed E-state index contributed by atoms with van der Waals surface area (Å²) in [4.78, 5) is 0. The summed E-state index contributed by atoms with van der Waals surface area (Å²) in [7, 11) is 0. The Balaban J connectivity index is 0.000000194. The molecule has 0 saturated heterocycles. The van der Waals surface area contributed by atoms with Crippen molar-refractivity contribution in [2.45, 2.75) is 33.1 Å². The van der Waals surface area contributed by atoms with Crippen molar-refractivity contribution in [3.8, 4) is 11.1 Å². The summed E-state index contributed by atoms with van der Waals surface area (Å²) >= 11 is 0. The van der Waals surface area contributed by atoms with Gasteiger partial charge in [0.1, 0.15) is 0 Å². The zero-order valence-electron chi connectivity index (χ0n) is 18.1. The van der Waals surface area contributed by atoms with Crippen LogP contribution in [0.3, 0.4) is 0 Å². The summed E-state index contributed by atoms with van der Waals surface area (Å²) in [5.74, 6) is 0. The van der Waals surface area contributed by atoms with Crippen LogP contribution >= 0.6 is 12.4 Å². The molecule has 5 aromatic carbocycles. The molecule has 0 amide bonds. The summed E-state index contributed by atoms with van der Waals surface area (Å²) in [6.07, 6.45) is 3.79. The van der Waals surface area contributed by atoms with Crippen LogP contribution in [0.25, 0.3) is 32.7 Å². The van der Waals surface area contributed by atoms with E-state index in [4.69, 9.17) is 0 Å². The van der Waals surface area contributed by atoms with Gasteiger partial charge in [-0.05, 0) is 24.8 Å². The van der Waals surface area contributed by atoms with Gasteiger partial charge in [0.2, 0.25) is 0 Å². The average molecular weight is 502 g/mol. The van der Waals surface area contributed by atoms with Crippen molar-refractivity contribution in [1.29, 1.82) is 0 Å². The van der Waals surface area contributed by atoms with Gasteiger partial charge < -0.3 is 0 Å². The van der Waals surface area contributed by atoms with Crippen LogP contribution in [0, 0.1) is 13.8 Å². The number of fused-ring (bicyclic) bond motifs is 3. The fourth-order valence-electron chi connectivity index (χ4n) is 4.81. The second-order valence-corrected chi connectivity index (χ2v) is 8.31. The van der Waals surface area contributed by atoms with E-state index in [1.54, 1.807) is 11.1 Å². The Labute approximate surface area is 210 Å². The van der Waals surface area contributed by atoms with Gasteiger partial charge in [0.25, 0.3) is 0 Å². The van der Waals surface area contributed by atoms with E-state index in [1.165, 1.54) is 63.1 Å². The molecule has 0 nitrogen and oxygen atoms in total. The summed E-state index contributed by atoms with van der Waals surface area (Å²) in [6.45, 7) is 4.32. The first-order chi connectivity index (χ1) is 14.2. The van der Waals surface area contributed by atoms with E-state index in [-0.39, 0.29) is 38.6 Å². The predicted octanol–water partition coefficient (Wildman–Crippen LogP) is 8.31. The molecule has 0 N–H and O–H groups in total. The Kier molecular flexibility index (Phi) is 7.74. The predicted molar refractivity (Wildman–Crippen MR) is 133 cm³/mol. The molecule has 2 heteroatoms. The van der Waals surface area contributed by atoms with E-state index >= 15 is 0 Å². The minimum absolute atomic E-state index is 0. The Morgan fingerprint density at radius 2 is 1.39 bits per heavy atom. The third-order valence-corrected chi connectivity index (χ3v) is 6.05. The van der Waals surface area contributed by atoms with Crippen LogP contribution in [0.4, 0.5) is 0 Å². The molecule has 6 rings (SSSR count). The normalized spacial score (nSPS) is 11.9. The van der Waals surface area contributed by atoms with Crippen LogP contribution in [-0.2, 0) is 39.0 Å². The average Bonchev–Trinajstić information content (AvgIpc) is 3.43. The largest absolute Gasteiger partial charge is 2.00 e. The SMILES string of the molecule is Cc1cc2c(-c3ccccc3)c3c(cc2[cH-]1)CCC3.Cc1cc2ccccc2[cH-]1.Cl.[Zr+2]. The van der Waals surface area contributed by atoms with Gasteiger partial charge in [-0.25, -0.2) is 0 Å². The molecule has 0 aromatic heterocycles. The number of hydrogen-bond acceptors (Lipinski definition) is 0. The molecule has 31 heavy (non-hydrogen) atoms. The van der Waals surface area contributed by atoms with E-state index in [1.807, 2.05) is 0 Å². The van der Waals surface area contributed by atoms with Crippen molar-refractivity contribution in [2.75, 3.05) is 0 Å². The van der Waals surface area contributed by atoms with Crippen LogP contribution < -0.4 is 0 Å². The molecular weight excluding hydrogens is 475 g/mol. The third kappa shape index (κ3) is 4.79. The van der Waals surface area contributed by atoms with Crippen LogP contribution in [0.2, 0.25) is 0 Å². The maximum atomic E-state index is 2.41. The number of rotatable bonds is 1. The Bertz CT molecular complexity index is 1260. The molecule has 154 valence electrons. The topological polar surface area (TPSA) is 0 Å². The van der Waals surface area contributed by atoms with Crippen molar-refractivity contribution in [1.82, 2.24) is 0 Å². The van der Waals surface area contributed by atoms with E-state index in [0.717, 1.165) is 0 Å². The molecule has 0 bridgehead atoms. The molecule has 0 fully saturated rings. The van der Waals surface area contributed by atoms with Crippen molar-refractivity contribution >= 4 is 34.0 Å². The molecule has 0 unspecified atom stereocenters. The van der Waals surface area contributed by atoms with Gasteiger partial charge in [-0.1, -0.05) is 66.9 Å². The first-order valence-electron chi connectivity index (χ1n) is 10.6. The Morgan fingerprint density at radius 3 is 2.16 bits per heavy atom. The number of hydrogen-bond donors (Lipinski definition) is 0. The van der Waals surface area contributed by atoms with Gasteiger partial charge in [0.15, 0.2) is 0 Å². The van der Waals surface area contributed by atoms with Crippen molar-refractivity contribution in [3.05, 3.63) is 107 Å². The monoisotopic (exact) mass is 500 g/mol. The maximum Gasteiger partial charge on any atom is 2.00 e. The van der Waals surface area contributed by atoms with Gasteiger partial charge in [-0.2, -0.15) is 12.1 Å². The quantitative estimate of drug-likeness (QED) is 0.202. The molecule has 0 radical (unpaired) electrons. The van der Waals surface area contributed by atoms with Gasteiger partial charge in [-0.3, -0.25) is 0 Å². The molecule has 0 spiro atoms. The summed E-state index contributed by atoms with van der Waals surface area (Å²) in [5.41, 5.74) is 8.73. The molecule has 1 aliphatic carbocycles. The Morgan fingerprint density at radius 1 is 0.710 bits per heavy atom. The van der Waals surface area contributed by atoms with Crippen molar-refractivity contribution in [2.24, 2.45) is 0 Å². The van der Waals surface area contributed by atoms with Gasteiger partial charge >= 0.3 is 26.2 Å². The van der Waals surface area contributed by atoms with Crippen molar-refractivity contribution in [3.63, 3.8) is 0 Å². The van der Waals surface area contributed by atoms with E-state index in [9.17, 15) is 0 Å². The smallest absolute Gasteiger partial charge is 0.165 e. The van der Waals surface area contributed by atoms with Crippen molar-refractivity contribution < 1.29 is 26.2 Å². The standard InChI is InChI=1S/C19H17.C10H9.ClH.Zr/c1-13-10-16-12-15-8-5-9-17(15)19(18(16)11-13)14-6-3-2-4-7-14;1-8-6-9-4-2-3-5-10(9)7-8;;/h2-4,6-7,10-12H,5,8-9H2,1H3;2-7H,1H3;1H;/q2*-1;;+2. The van der Waals surface area contributed by atoms with Crippen LogP contribution in [0.1, 0.15) is 28.7 Å². The molecular formula is C29H27ClZr. The minimum atomic E-state index is 0. The zero-order chi connectivity index (χ0) is 19.8. The van der Waals surface area contributed by atoms with Crippen LogP contribution in [-0.4, -0.2) is 0 Å². The molecule has 0 aliphatic heterocycles. The van der Waals surface area contributed by atoms with Gasteiger partial charge in [0.05, 0.1) is 0 Å². The second kappa shape index (κ2) is 10.1. The Hall–Kier alpha value is -1.95. The fraction of sp³-hybridized carbons (Fsp3) is 0.172. The number of aryl methyl sites for hydroxylation is 3. The minimum Gasteiger partial charge on any atom is -0.165 e.